The highest BCUT2D eigenvalue weighted by molar-refractivity contribution is 6.00. The first-order valence-corrected chi connectivity index (χ1v) is 8.53. The van der Waals surface area contributed by atoms with E-state index in [1.807, 2.05) is 0 Å². The monoisotopic (exact) mass is 353 g/mol. The normalized spacial score (nSPS) is 21.7. The largest absolute Gasteiger partial charge is 0.481 e. The molecule has 3 nitrogen and oxygen atoms in total. The molecule has 0 unspecified atom stereocenters. The van der Waals surface area contributed by atoms with Crippen molar-refractivity contribution >= 4 is 11.6 Å². The molecule has 1 aromatic rings. The molecule has 1 aliphatic carbocycles. The summed E-state index contributed by atoms with van der Waals surface area (Å²) in [5.41, 5.74) is 1.62. The van der Waals surface area contributed by atoms with Crippen LogP contribution in [0, 0.1) is 5.41 Å². The van der Waals surface area contributed by atoms with Gasteiger partial charge in [-0.2, -0.15) is 13.2 Å². The first kappa shape index (κ1) is 17.8. The molecule has 1 aromatic carbocycles. The zero-order chi connectivity index (χ0) is 18.2. The predicted octanol–water partition coefficient (Wildman–Crippen LogP) is 4.87. The summed E-state index contributed by atoms with van der Waals surface area (Å²) in [5.74, 6) is 0.265. The minimum atomic E-state index is -4.40. The molecule has 0 aromatic heterocycles. The fraction of sp³-hybridized carbons (Fsp3) is 0.526. The Morgan fingerprint density at radius 2 is 1.76 bits per heavy atom. The SMILES string of the molecule is C=C1CCC2(CC1)CCN(c1ccc(O[C@@H](C)C(F)(F)F)cc1)C2=O. The van der Waals surface area contributed by atoms with Gasteiger partial charge in [-0.15, -0.1) is 0 Å². The molecule has 1 aliphatic heterocycles. The van der Waals surface area contributed by atoms with E-state index < -0.39 is 12.3 Å². The maximum Gasteiger partial charge on any atom is 0.425 e. The number of amides is 1. The van der Waals surface area contributed by atoms with Crippen LogP contribution in [0.1, 0.15) is 39.0 Å². The van der Waals surface area contributed by atoms with Gasteiger partial charge in [-0.1, -0.05) is 12.2 Å². The van der Waals surface area contributed by atoms with Crippen molar-refractivity contribution in [3.63, 3.8) is 0 Å². The Bertz CT molecular complexity index is 656. The van der Waals surface area contributed by atoms with Gasteiger partial charge in [0.05, 0.1) is 5.41 Å². The van der Waals surface area contributed by atoms with Gasteiger partial charge in [-0.25, -0.2) is 0 Å². The Morgan fingerprint density at radius 1 is 1.16 bits per heavy atom. The summed E-state index contributed by atoms with van der Waals surface area (Å²) in [7, 11) is 0. The molecule has 2 fully saturated rings. The zero-order valence-electron chi connectivity index (χ0n) is 14.2. The first-order chi connectivity index (χ1) is 11.7. The van der Waals surface area contributed by atoms with E-state index in [1.165, 1.54) is 17.7 Å². The average molecular weight is 353 g/mol. The molecule has 0 N–H and O–H groups in total. The number of ether oxygens (including phenoxy) is 1. The molecule has 1 atom stereocenters. The fourth-order valence-electron chi connectivity index (χ4n) is 3.59. The van der Waals surface area contributed by atoms with Crippen LogP contribution in [-0.4, -0.2) is 24.7 Å². The molecular formula is C19H22F3NO2. The lowest BCUT2D eigenvalue weighted by molar-refractivity contribution is -0.189. The van der Waals surface area contributed by atoms with Crippen molar-refractivity contribution < 1.29 is 22.7 Å². The summed E-state index contributed by atoms with van der Waals surface area (Å²) in [4.78, 5) is 14.6. The minimum absolute atomic E-state index is 0.123. The Hall–Kier alpha value is -1.98. The highest BCUT2D eigenvalue weighted by Crippen LogP contribution is 2.47. The molecule has 1 spiro atoms. The van der Waals surface area contributed by atoms with Crippen LogP contribution in [-0.2, 0) is 4.79 Å². The van der Waals surface area contributed by atoms with Crippen molar-refractivity contribution in [2.75, 3.05) is 11.4 Å². The number of rotatable bonds is 3. The Morgan fingerprint density at radius 3 is 2.32 bits per heavy atom. The molecule has 3 rings (SSSR count). The standard InChI is InChI=1S/C19H22F3NO2/c1-13-7-9-18(10-8-13)11-12-23(17(18)24)15-3-5-16(6-4-15)25-14(2)19(20,21)22/h3-6,14H,1,7-12H2,2H3/t14-/m0/s1. The van der Waals surface area contributed by atoms with Gasteiger partial charge in [0, 0.05) is 12.2 Å². The number of anilines is 1. The van der Waals surface area contributed by atoms with Crippen molar-refractivity contribution in [1.29, 1.82) is 0 Å². The van der Waals surface area contributed by atoms with Crippen LogP contribution in [0.25, 0.3) is 0 Å². The molecule has 25 heavy (non-hydrogen) atoms. The fourth-order valence-corrected chi connectivity index (χ4v) is 3.59. The van der Waals surface area contributed by atoms with Crippen molar-refractivity contribution in [3.8, 4) is 5.75 Å². The van der Waals surface area contributed by atoms with Gasteiger partial charge >= 0.3 is 6.18 Å². The lowest BCUT2D eigenvalue weighted by atomic mass is 9.72. The lowest BCUT2D eigenvalue weighted by Crippen LogP contribution is -2.36. The van der Waals surface area contributed by atoms with Gasteiger partial charge in [0.25, 0.3) is 0 Å². The first-order valence-electron chi connectivity index (χ1n) is 8.53. The summed E-state index contributed by atoms with van der Waals surface area (Å²) in [6.07, 6.45) is -1.99. The van der Waals surface area contributed by atoms with Gasteiger partial charge in [-0.3, -0.25) is 4.79 Å². The van der Waals surface area contributed by atoms with Crippen LogP contribution in [0.5, 0.6) is 5.75 Å². The van der Waals surface area contributed by atoms with Crippen molar-refractivity contribution in [2.24, 2.45) is 5.41 Å². The number of hydrogen-bond donors (Lipinski definition) is 0. The summed E-state index contributed by atoms with van der Waals surface area (Å²) in [6.45, 7) is 5.62. The van der Waals surface area contributed by atoms with E-state index in [1.54, 1.807) is 17.0 Å². The second-order valence-electron chi connectivity index (χ2n) is 7.03. The topological polar surface area (TPSA) is 29.5 Å². The van der Waals surface area contributed by atoms with E-state index in [4.69, 9.17) is 4.74 Å². The smallest absolute Gasteiger partial charge is 0.425 e. The van der Waals surface area contributed by atoms with Crippen LogP contribution in [0.2, 0.25) is 0 Å². The molecule has 2 aliphatic rings. The summed E-state index contributed by atoms with van der Waals surface area (Å²) in [5, 5.41) is 0. The summed E-state index contributed by atoms with van der Waals surface area (Å²) < 4.78 is 42.6. The number of hydrogen-bond acceptors (Lipinski definition) is 2. The van der Waals surface area contributed by atoms with E-state index >= 15 is 0 Å². The number of benzene rings is 1. The highest BCUT2D eigenvalue weighted by Gasteiger charge is 2.47. The third kappa shape index (κ3) is 3.53. The maximum absolute atomic E-state index is 12.9. The highest BCUT2D eigenvalue weighted by atomic mass is 19.4. The van der Waals surface area contributed by atoms with Crippen LogP contribution < -0.4 is 9.64 Å². The molecule has 0 bridgehead atoms. The third-order valence-corrected chi connectivity index (χ3v) is 5.35. The van der Waals surface area contributed by atoms with E-state index in [9.17, 15) is 18.0 Å². The van der Waals surface area contributed by atoms with Gasteiger partial charge in [0.2, 0.25) is 5.91 Å². The van der Waals surface area contributed by atoms with E-state index in [0.717, 1.165) is 39.0 Å². The average Bonchev–Trinajstić information content (AvgIpc) is 2.87. The molecule has 6 heteroatoms. The molecule has 136 valence electrons. The molecular weight excluding hydrogens is 331 g/mol. The maximum atomic E-state index is 12.9. The van der Waals surface area contributed by atoms with Gasteiger partial charge in [0.15, 0.2) is 6.10 Å². The third-order valence-electron chi connectivity index (χ3n) is 5.35. The Balaban J connectivity index is 1.69. The molecule has 1 saturated carbocycles. The molecule has 1 saturated heterocycles. The number of allylic oxidation sites excluding steroid dienone is 1. The van der Waals surface area contributed by atoms with Crippen molar-refractivity contribution in [3.05, 3.63) is 36.4 Å². The predicted molar refractivity (Wildman–Crippen MR) is 89.6 cm³/mol. The second kappa shape index (κ2) is 6.39. The number of halogens is 3. The van der Waals surface area contributed by atoms with Crippen LogP contribution >= 0.6 is 0 Å². The number of alkyl halides is 3. The van der Waals surface area contributed by atoms with E-state index in [2.05, 4.69) is 6.58 Å². The quantitative estimate of drug-likeness (QED) is 0.726. The molecule has 0 radical (unpaired) electrons. The van der Waals surface area contributed by atoms with Gasteiger partial charge < -0.3 is 9.64 Å². The van der Waals surface area contributed by atoms with Gasteiger partial charge in [0.1, 0.15) is 5.75 Å². The molecule has 1 amide bonds. The Labute approximate surface area is 145 Å². The number of carbonyl (C=O) groups excluding carboxylic acids is 1. The van der Waals surface area contributed by atoms with Crippen molar-refractivity contribution in [2.45, 2.75) is 51.3 Å². The van der Waals surface area contributed by atoms with Crippen LogP contribution in [0.15, 0.2) is 36.4 Å². The second-order valence-corrected chi connectivity index (χ2v) is 7.03. The van der Waals surface area contributed by atoms with Gasteiger partial charge in [-0.05, 0) is 63.3 Å². The van der Waals surface area contributed by atoms with Crippen LogP contribution in [0.4, 0.5) is 18.9 Å². The van der Waals surface area contributed by atoms with E-state index in [-0.39, 0.29) is 17.1 Å². The summed E-state index contributed by atoms with van der Waals surface area (Å²) >= 11 is 0. The van der Waals surface area contributed by atoms with Crippen molar-refractivity contribution in [1.82, 2.24) is 0 Å². The van der Waals surface area contributed by atoms with Crippen LogP contribution in [0.3, 0.4) is 0 Å². The summed E-state index contributed by atoms with van der Waals surface area (Å²) in [6, 6.07) is 6.27. The minimum Gasteiger partial charge on any atom is -0.481 e. The lowest BCUT2D eigenvalue weighted by Gasteiger charge is -2.32. The zero-order valence-corrected chi connectivity index (χ0v) is 14.2. The molecule has 1 heterocycles. The van der Waals surface area contributed by atoms with E-state index in [0.29, 0.717) is 12.2 Å². The number of carbonyl (C=O) groups is 1. The number of nitrogens with zero attached hydrogens (tertiary/aromatic N) is 1. The Kier molecular flexibility index (Phi) is 4.56.